The van der Waals surface area contributed by atoms with Gasteiger partial charge in [-0.3, -0.25) is 5.32 Å². The number of carbonyl (C=O) groups excluding carboxylic acids is 2. The van der Waals surface area contributed by atoms with Crippen LogP contribution in [-0.2, 0) is 31.5 Å². The summed E-state index contributed by atoms with van der Waals surface area (Å²) in [7, 11) is -4.05. The molecular weight excluding hydrogens is 916 g/mol. The van der Waals surface area contributed by atoms with Crippen LogP contribution >= 0.6 is 11.6 Å². The van der Waals surface area contributed by atoms with Gasteiger partial charge < -0.3 is 24.1 Å². The van der Waals surface area contributed by atoms with Gasteiger partial charge in [-0.25, -0.2) is 27.2 Å². The highest BCUT2D eigenvalue weighted by atomic mass is 35.5. The standard InChI is InChI=1S/C26H35F2NO3Si.C18H29F2NOSi.C8H7ClO2/c1-26(2,3)33(4,5)32-24-14-11-19(15-23(24)28)21-13-12-20(16-22(21)27)29-25(30)31-17-18-9-7-6-8-10-18;1-18(2,3)23(4,5)22-17-9-6-12(10-16(17)20)14-8-7-13(21)11-15(14)19;9-8(10)11-6-7-4-2-1-3-5-7/h6-10,12-13,16,19,23-24H,11,14-15,17H2,1-5H3,(H,29,30);7-8,11-12,16-17H,6,9-10,21H2,1-5H3;1-5H,6H2. The van der Waals surface area contributed by atoms with Crippen molar-refractivity contribution in [1.29, 1.82) is 0 Å². The van der Waals surface area contributed by atoms with Crippen LogP contribution in [0.1, 0.15) is 114 Å². The second-order valence-electron chi connectivity index (χ2n) is 20.6. The first-order chi connectivity index (χ1) is 31.3. The highest BCUT2D eigenvalue weighted by Gasteiger charge is 2.44. The minimum Gasteiger partial charge on any atom is -0.449 e. The van der Waals surface area contributed by atoms with Crippen molar-refractivity contribution in [3.63, 3.8) is 0 Å². The van der Waals surface area contributed by atoms with E-state index < -0.39 is 52.4 Å². The summed E-state index contributed by atoms with van der Waals surface area (Å²) in [5.41, 5.74) is 8.38. The molecule has 0 saturated heterocycles. The summed E-state index contributed by atoms with van der Waals surface area (Å²) < 4.78 is 80.8. The van der Waals surface area contributed by atoms with Crippen LogP contribution in [0, 0.1) is 11.6 Å². The zero-order chi connectivity index (χ0) is 49.7. The fraction of sp³-hybridized carbons (Fsp3) is 0.500. The van der Waals surface area contributed by atoms with E-state index in [0.29, 0.717) is 48.2 Å². The molecule has 0 aromatic heterocycles. The van der Waals surface area contributed by atoms with Crippen molar-refractivity contribution >= 4 is 51.1 Å². The quantitative estimate of drug-likeness (QED) is 0.0667. The Morgan fingerprint density at radius 2 is 1.06 bits per heavy atom. The molecule has 4 aromatic carbocycles. The molecule has 0 radical (unpaired) electrons. The number of rotatable bonds is 11. The molecule has 0 bridgehead atoms. The molecule has 0 spiro atoms. The number of hydrogen-bond donors (Lipinski definition) is 2. The number of nitrogens with two attached hydrogens (primary N) is 1. The number of nitrogens with one attached hydrogen (secondary N) is 1. The van der Waals surface area contributed by atoms with Crippen LogP contribution < -0.4 is 11.1 Å². The van der Waals surface area contributed by atoms with Crippen molar-refractivity contribution in [3.05, 3.63) is 131 Å². The summed E-state index contributed by atoms with van der Waals surface area (Å²) >= 11 is 4.97. The lowest BCUT2D eigenvalue weighted by Gasteiger charge is -2.42. The highest BCUT2D eigenvalue weighted by Crippen LogP contribution is 2.44. The maximum atomic E-state index is 15.0. The molecule has 6 rings (SSSR count). The van der Waals surface area contributed by atoms with E-state index in [-0.39, 0.29) is 53.5 Å². The first-order valence-electron chi connectivity index (χ1n) is 23.1. The van der Waals surface area contributed by atoms with Crippen LogP contribution in [-0.4, -0.2) is 52.7 Å². The predicted octanol–water partition coefficient (Wildman–Crippen LogP) is 15.5. The molecule has 368 valence electrons. The Labute approximate surface area is 402 Å². The average molecular weight is 988 g/mol. The van der Waals surface area contributed by atoms with Gasteiger partial charge in [0, 0.05) is 23.0 Å². The SMILES string of the molecule is CC(C)(C)[Si](C)(C)OC1CCC(c2ccc(N)cc2F)CC1F.CC(C)(C)[Si](C)(C)OC1CCC(c2ccc(NC(=O)OCc3ccccc3)cc2F)CC1F.O=C(Cl)OCc1ccccc1. The third-order valence-electron chi connectivity index (χ3n) is 13.5. The lowest BCUT2D eigenvalue weighted by atomic mass is 9.81. The summed E-state index contributed by atoms with van der Waals surface area (Å²) in [6.07, 6.45) is -0.410. The van der Waals surface area contributed by atoms with Gasteiger partial charge in [-0.2, -0.15) is 0 Å². The van der Waals surface area contributed by atoms with E-state index in [2.05, 4.69) is 77.8 Å². The molecule has 4 aromatic rings. The average Bonchev–Trinajstić information content (AvgIpc) is 3.24. The van der Waals surface area contributed by atoms with Crippen LogP contribution in [0.4, 0.5) is 38.5 Å². The monoisotopic (exact) mass is 986 g/mol. The summed E-state index contributed by atoms with van der Waals surface area (Å²) in [6.45, 7) is 21.8. The Morgan fingerprint density at radius 1 is 0.642 bits per heavy atom. The lowest BCUT2D eigenvalue weighted by Crippen LogP contribution is -2.47. The fourth-order valence-corrected chi connectivity index (χ4v) is 10.3. The van der Waals surface area contributed by atoms with Gasteiger partial charge in [0.15, 0.2) is 16.6 Å². The van der Waals surface area contributed by atoms with Gasteiger partial charge >= 0.3 is 11.5 Å². The first-order valence-corrected chi connectivity index (χ1v) is 29.3. The number of alkyl halides is 2. The van der Waals surface area contributed by atoms with Gasteiger partial charge in [-0.05, 0) is 133 Å². The molecule has 15 heteroatoms. The van der Waals surface area contributed by atoms with Crippen molar-refractivity contribution in [2.75, 3.05) is 11.1 Å². The summed E-state index contributed by atoms with van der Waals surface area (Å²) in [4.78, 5) is 22.2. The molecule has 8 nitrogen and oxygen atoms in total. The largest absolute Gasteiger partial charge is 0.449 e. The molecule has 2 aliphatic rings. The number of benzene rings is 4. The smallest absolute Gasteiger partial charge is 0.411 e. The summed E-state index contributed by atoms with van der Waals surface area (Å²) in [5, 5.41) is 2.62. The van der Waals surface area contributed by atoms with Gasteiger partial charge in [0.05, 0.1) is 12.2 Å². The highest BCUT2D eigenvalue weighted by molar-refractivity contribution is 6.74. The molecule has 67 heavy (non-hydrogen) atoms. The van der Waals surface area contributed by atoms with Gasteiger partial charge in [-0.15, -0.1) is 0 Å². The number of anilines is 2. The number of amides is 1. The number of hydrogen-bond acceptors (Lipinski definition) is 7. The van der Waals surface area contributed by atoms with Crippen LogP contribution in [0.25, 0.3) is 0 Å². The van der Waals surface area contributed by atoms with Gasteiger partial charge in [0.25, 0.3) is 0 Å². The van der Waals surface area contributed by atoms with Crippen molar-refractivity contribution in [1.82, 2.24) is 0 Å². The fourth-order valence-electron chi connectivity index (χ4n) is 7.52. The van der Waals surface area contributed by atoms with E-state index in [1.54, 1.807) is 24.3 Å². The van der Waals surface area contributed by atoms with E-state index in [1.807, 2.05) is 60.7 Å². The number of carbonyl (C=O) groups is 2. The molecule has 0 heterocycles. The molecule has 6 unspecified atom stereocenters. The van der Waals surface area contributed by atoms with Crippen molar-refractivity contribution < 1.29 is 45.5 Å². The molecular formula is C52H71ClF4N2O6Si2. The van der Waals surface area contributed by atoms with Crippen molar-refractivity contribution in [3.8, 4) is 0 Å². The number of ether oxygens (including phenoxy) is 2. The second-order valence-corrected chi connectivity index (χ2v) is 30.4. The minimum absolute atomic E-state index is 0.0146. The van der Waals surface area contributed by atoms with E-state index in [4.69, 9.17) is 30.9 Å². The maximum Gasteiger partial charge on any atom is 0.411 e. The molecule has 1 amide bonds. The minimum atomic E-state index is -2.06. The molecule has 2 fully saturated rings. The van der Waals surface area contributed by atoms with E-state index in [0.717, 1.165) is 17.5 Å². The van der Waals surface area contributed by atoms with E-state index in [1.165, 1.54) is 12.1 Å². The van der Waals surface area contributed by atoms with Gasteiger partial charge in [0.1, 0.15) is 37.2 Å². The van der Waals surface area contributed by atoms with Crippen LogP contribution in [0.5, 0.6) is 0 Å². The Hall–Kier alpha value is -4.22. The second kappa shape index (κ2) is 24.4. The van der Waals surface area contributed by atoms with Crippen LogP contribution in [0.2, 0.25) is 36.3 Å². The molecule has 2 aliphatic carbocycles. The third-order valence-corrected chi connectivity index (χ3v) is 22.6. The number of nitrogen functional groups attached to an aromatic ring is 1. The Bertz CT molecular complexity index is 2190. The lowest BCUT2D eigenvalue weighted by molar-refractivity contribution is 0.0449. The summed E-state index contributed by atoms with van der Waals surface area (Å²) in [5.74, 6) is -1.08. The molecule has 6 atom stereocenters. The van der Waals surface area contributed by atoms with E-state index >= 15 is 4.39 Å². The van der Waals surface area contributed by atoms with E-state index in [9.17, 15) is 22.8 Å². The zero-order valence-electron chi connectivity index (χ0n) is 40.8. The zero-order valence-corrected chi connectivity index (χ0v) is 43.5. The number of halogens is 5. The molecule has 3 N–H and O–H groups in total. The van der Waals surface area contributed by atoms with Gasteiger partial charge in [-0.1, -0.05) is 114 Å². The predicted molar refractivity (Wildman–Crippen MR) is 267 cm³/mol. The van der Waals surface area contributed by atoms with Crippen LogP contribution in [0.15, 0.2) is 97.1 Å². The Kier molecular flexibility index (Phi) is 20.1. The maximum absolute atomic E-state index is 15.0. The van der Waals surface area contributed by atoms with Crippen molar-refractivity contribution in [2.45, 2.75) is 166 Å². The van der Waals surface area contributed by atoms with Crippen molar-refractivity contribution in [2.24, 2.45) is 0 Å². The normalized spacial score (nSPS) is 21.1. The Morgan fingerprint density at radius 3 is 1.45 bits per heavy atom. The first kappa shape index (κ1) is 55.4. The van der Waals surface area contributed by atoms with Crippen LogP contribution in [0.3, 0.4) is 0 Å². The molecule has 0 aliphatic heterocycles. The third kappa shape index (κ3) is 17.1. The Balaban J connectivity index is 0.000000248. The topological polar surface area (TPSA) is 109 Å². The summed E-state index contributed by atoms with van der Waals surface area (Å²) in [6, 6.07) is 27.9. The molecule has 2 saturated carbocycles. The van der Waals surface area contributed by atoms with Gasteiger partial charge in [0.2, 0.25) is 0 Å².